The molecule has 2 aromatic carbocycles. The fourth-order valence-electron chi connectivity index (χ4n) is 2.58. The summed E-state index contributed by atoms with van der Waals surface area (Å²) in [4.78, 5) is 16.7. The summed E-state index contributed by atoms with van der Waals surface area (Å²) < 4.78 is 10.5. The molecule has 3 rings (SSSR count). The highest BCUT2D eigenvalue weighted by molar-refractivity contribution is 6.04. The molecule has 1 aromatic heterocycles. The van der Waals surface area contributed by atoms with Crippen LogP contribution >= 0.6 is 0 Å². The Morgan fingerprint density at radius 2 is 1.70 bits per heavy atom. The minimum Gasteiger partial charge on any atom is -0.493 e. The van der Waals surface area contributed by atoms with Gasteiger partial charge in [-0.2, -0.15) is 0 Å². The van der Waals surface area contributed by atoms with Gasteiger partial charge in [-0.3, -0.25) is 9.78 Å². The summed E-state index contributed by atoms with van der Waals surface area (Å²) in [5, 5.41) is 6.12. The molecule has 0 aliphatic heterocycles. The SMILES string of the molecule is COc1ccc(NC(=O)c2cncc(NCc3ccccc3)c2)cc1OC. The van der Waals surface area contributed by atoms with Gasteiger partial charge in [0.05, 0.1) is 25.5 Å². The number of amides is 1. The second-order valence-electron chi connectivity index (χ2n) is 5.83. The summed E-state index contributed by atoms with van der Waals surface area (Å²) >= 11 is 0. The van der Waals surface area contributed by atoms with E-state index in [1.165, 1.54) is 6.20 Å². The first kappa shape index (κ1) is 18.3. The van der Waals surface area contributed by atoms with Crippen molar-refractivity contribution in [2.75, 3.05) is 24.9 Å². The van der Waals surface area contributed by atoms with Crippen LogP contribution in [-0.2, 0) is 6.54 Å². The van der Waals surface area contributed by atoms with Crippen LogP contribution in [0.2, 0.25) is 0 Å². The van der Waals surface area contributed by atoms with Crippen molar-refractivity contribution < 1.29 is 14.3 Å². The smallest absolute Gasteiger partial charge is 0.257 e. The van der Waals surface area contributed by atoms with E-state index in [0.717, 1.165) is 11.3 Å². The van der Waals surface area contributed by atoms with Crippen LogP contribution in [0.25, 0.3) is 0 Å². The molecule has 1 heterocycles. The summed E-state index contributed by atoms with van der Waals surface area (Å²) in [6.45, 7) is 0.656. The van der Waals surface area contributed by atoms with Gasteiger partial charge >= 0.3 is 0 Å². The van der Waals surface area contributed by atoms with E-state index in [0.29, 0.717) is 29.3 Å². The molecule has 3 aromatic rings. The summed E-state index contributed by atoms with van der Waals surface area (Å²) in [5.41, 5.74) is 3.00. The van der Waals surface area contributed by atoms with Crippen LogP contribution < -0.4 is 20.1 Å². The molecule has 138 valence electrons. The number of ether oxygens (including phenoxy) is 2. The zero-order chi connectivity index (χ0) is 19.1. The van der Waals surface area contributed by atoms with E-state index in [1.54, 1.807) is 44.7 Å². The van der Waals surface area contributed by atoms with Crippen LogP contribution in [0, 0.1) is 0 Å². The maximum absolute atomic E-state index is 12.5. The Hall–Kier alpha value is -3.54. The van der Waals surface area contributed by atoms with E-state index in [-0.39, 0.29) is 5.91 Å². The minimum atomic E-state index is -0.252. The van der Waals surface area contributed by atoms with Crippen LogP contribution in [0.4, 0.5) is 11.4 Å². The van der Waals surface area contributed by atoms with Gasteiger partial charge in [0, 0.05) is 30.7 Å². The molecule has 6 heteroatoms. The summed E-state index contributed by atoms with van der Waals surface area (Å²) in [5.74, 6) is 0.897. The number of anilines is 2. The van der Waals surface area contributed by atoms with Crippen molar-refractivity contribution in [2.24, 2.45) is 0 Å². The fourth-order valence-corrected chi connectivity index (χ4v) is 2.58. The van der Waals surface area contributed by atoms with Gasteiger partial charge in [0.25, 0.3) is 5.91 Å². The maximum Gasteiger partial charge on any atom is 0.257 e. The Labute approximate surface area is 158 Å². The average Bonchev–Trinajstić information content (AvgIpc) is 2.73. The van der Waals surface area contributed by atoms with E-state index in [9.17, 15) is 4.79 Å². The normalized spacial score (nSPS) is 10.1. The Balaban J connectivity index is 1.68. The number of benzene rings is 2. The van der Waals surface area contributed by atoms with E-state index < -0.39 is 0 Å². The van der Waals surface area contributed by atoms with Crippen LogP contribution in [0.5, 0.6) is 11.5 Å². The molecular formula is C21H21N3O3. The molecule has 0 unspecified atom stereocenters. The van der Waals surface area contributed by atoms with Crippen molar-refractivity contribution in [1.29, 1.82) is 0 Å². The third kappa shape index (κ3) is 4.76. The predicted molar refractivity (Wildman–Crippen MR) is 106 cm³/mol. The number of rotatable bonds is 7. The van der Waals surface area contributed by atoms with Crippen molar-refractivity contribution in [3.8, 4) is 11.5 Å². The molecule has 0 bridgehead atoms. The van der Waals surface area contributed by atoms with Gasteiger partial charge in [-0.15, -0.1) is 0 Å². The lowest BCUT2D eigenvalue weighted by Gasteiger charge is -2.11. The summed E-state index contributed by atoms with van der Waals surface area (Å²) in [7, 11) is 3.12. The molecule has 0 atom stereocenters. The van der Waals surface area contributed by atoms with Crippen molar-refractivity contribution in [3.05, 3.63) is 78.1 Å². The lowest BCUT2D eigenvalue weighted by Crippen LogP contribution is -2.13. The Morgan fingerprint density at radius 1 is 0.926 bits per heavy atom. The lowest BCUT2D eigenvalue weighted by molar-refractivity contribution is 0.102. The number of carbonyl (C=O) groups excluding carboxylic acids is 1. The van der Waals surface area contributed by atoms with Crippen LogP contribution in [0.1, 0.15) is 15.9 Å². The third-order valence-corrected chi connectivity index (χ3v) is 3.98. The van der Waals surface area contributed by atoms with E-state index in [4.69, 9.17) is 9.47 Å². The number of pyridine rings is 1. The molecule has 0 aliphatic carbocycles. The van der Waals surface area contributed by atoms with E-state index in [2.05, 4.69) is 15.6 Å². The van der Waals surface area contributed by atoms with Crippen LogP contribution in [-0.4, -0.2) is 25.1 Å². The number of nitrogens with one attached hydrogen (secondary N) is 2. The number of nitrogens with zero attached hydrogens (tertiary/aromatic N) is 1. The molecule has 27 heavy (non-hydrogen) atoms. The van der Waals surface area contributed by atoms with E-state index >= 15 is 0 Å². The lowest BCUT2D eigenvalue weighted by atomic mass is 10.2. The Kier molecular flexibility index (Phi) is 5.89. The van der Waals surface area contributed by atoms with Gasteiger partial charge < -0.3 is 20.1 Å². The van der Waals surface area contributed by atoms with Gasteiger partial charge in [-0.05, 0) is 23.8 Å². The number of methoxy groups -OCH3 is 2. The second kappa shape index (κ2) is 8.71. The van der Waals surface area contributed by atoms with E-state index in [1.807, 2.05) is 30.3 Å². The minimum absolute atomic E-state index is 0.252. The summed E-state index contributed by atoms with van der Waals surface area (Å²) in [6, 6.07) is 17.0. The average molecular weight is 363 g/mol. The molecule has 6 nitrogen and oxygen atoms in total. The van der Waals surface area contributed by atoms with Gasteiger partial charge in [0.2, 0.25) is 0 Å². The zero-order valence-electron chi connectivity index (χ0n) is 15.2. The van der Waals surface area contributed by atoms with Crippen LogP contribution in [0.3, 0.4) is 0 Å². The monoisotopic (exact) mass is 363 g/mol. The van der Waals surface area contributed by atoms with Crippen molar-refractivity contribution in [2.45, 2.75) is 6.54 Å². The molecule has 0 radical (unpaired) electrons. The second-order valence-corrected chi connectivity index (χ2v) is 5.83. The topological polar surface area (TPSA) is 72.5 Å². The molecule has 0 saturated heterocycles. The highest BCUT2D eigenvalue weighted by Gasteiger charge is 2.10. The summed E-state index contributed by atoms with van der Waals surface area (Å²) in [6.07, 6.45) is 3.22. The van der Waals surface area contributed by atoms with Gasteiger partial charge in [0.15, 0.2) is 11.5 Å². The standard InChI is InChI=1S/C21H21N3O3/c1-26-19-9-8-17(11-20(19)27-2)24-21(25)16-10-18(14-22-13-16)23-12-15-6-4-3-5-7-15/h3-11,13-14,23H,12H2,1-2H3,(H,24,25). The Bertz CT molecular complexity index is 914. The fraction of sp³-hybridized carbons (Fsp3) is 0.143. The number of carbonyl (C=O) groups is 1. The van der Waals surface area contributed by atoms with Crippen LogP contribution in [0.15, 0.2) is 67.0 Å². The van der Waals surface area contributed by atoms with Gasteiger partial charge in [-0.1, -0.05) is 30.3 Å². The molecule has 1 amide bonds. The molecule has 0 aliphatic rings. The largest absolute Gasteiger partial charge is 0.493 e. The first-order valence-corrected chi connectivity index (χ1v) is 8.46. The maximum atomic E-state index is 12.5. The quantitative estimate of drug-likeness (QED) is 0.665. The highest BCUT2D eigenvalue weighted by atomic mass is 16.5. The highest BCUT2D eigenvalue weighted by Crippen LogP contribution is 2.29. The molecular weight excluding hydrogens is 342 g/mol. The Morgan fingerprint density at radius 3 is 2.44 bits per heavy atom. The molecule has 0 saturated carbocycles. The molecule has 2 N–H and O–H groups in total. The zero-order valence-corrected chi connectivity index (χ0v) is 15.2. The first-order chi connectivity index (χ1) is 13.2. The third-order valence-electron chi connectivity index (χ3n) is 3.98. The number of aromatic nitrogens is 1. The van der Waals surface area contributed by atoms with Crippen molar-refractivity contribution >= 4 is 17.3 Å². The van der Waals surface area contributed by atoms with Gasteiger partial charge in [0.1, 0.15) is 0 Å². The van der Waals surface area contributed by atoms with Crippen molar-refractivity contribution in [1.82, 2.24) is 4.98 Å². The van der Waals surface area contributed by atoms with Gasteiger partial charge in [-0.25, -0.2) is 0 Å². The van der Waals surface area contributed by atoms with Crippen molar-refractivity contribution in [3.63, 3.8) is 0 Å². The first-order valence-electron chi connectivity index (χ1n) is 8.46. The molecule has 0 spiro atoms. The predicted octanol–water partition coefficient (Wildman–Crippen LogP) is 3.96. The number of hydrogen-bond donors (Lipinski definition) is 2. The number of hydrogen-bond acceptors (Lipinski definition) is 5. The molecule has 0 fully saturated rings.